The van der Waals surface area contributed by atoms with Crippen LogP contribution in [0, 0.1) is 17.0 Å². The van der Waals surface area contributed by atoms with Crippen molar-refractivity contribution in [3.8, 4) is 5.75 Å². The zero-order chi connectivity index (χ0) is 19.3. The molecule has 0 fully saturated rings. The van der Waals surface area contributed by atoms with E-state index in [4.69, 9.17) is 4.74 Å². The summed E-state index contributed by atoms with van der Waals surface area (Å²) in [5.74, 6) is 0.729. The van der Waals surface area contributed by atoms with Crippen molar-refractivity contribution in [3.05, 3.63) is 46.8 Å². The number of nitro groups is 1. The highest BCUT2D eigenvalue weighted by atomic mass is 32.2. The first-order chi connectivity index (χ1) is 12.4. The van der Waals surface area contributed by atoms with E-state index in [-0.39, 0.29) is 17.3 Å². The molecule has 0 aliphatic rings. The fourth-order valence-electron chi connectivity index (χ4n) is 2.14. The molecule has 1 amide bonds. The van der Waals surface area contributed by atoms with Gasteiger partial charge in [0.15, 0.2) is 5.16 Å². The van der Waals surface area contributed by atoms with E-state index in [1.807, 2.05) is 11.5 Å². The number of nitro benzene ring substituents is 1. The molecule has 0 saturated heterocycles. The van der Waals surface area contributed by atoms with Crippen molar-refractivity contribution in [2.24, 2.45) is 0 Å². The molecular weight excluding hydrogens is 358 g/mol. The van der Waals surface area contributed by atoms with Crippen molar-refractivity contribution in [3.63, 3.8) is 0 Å². The number of aryl methyl sites for hydroxylation is 1. The van der Waals surface area contributed by atoms with Gasteiger partial charge in [-0.15, -0.1) is 16.8 Å². The van der Waals surface area contributed by atoms with Crippen molar-refractivity contribution >= 4 is 29.0 Å². The number of aromatic nitrogens is 3. The predicted molar refractivity (Wildman–Crippen MR) is 98.6 cm³/mol. The largest absolute Gasteiger partial charge is 0.495 e. The van der Waals surface area contributed by atoms with Crippen LogP contribution in [0.1, 0.15) is 12.7 Å². The lowest BCUT2D eigenvalue weighted by Crippen LogP contribution is -2.23. The van der Waals surface area contributed by atoms with Crippen LogP contribution in [0.2, 0.25) is 0 Å². The number of non-ortho nitro benzene ring substituents is 1. The number of hydrogen-bond donors (Lipinski definition) is 1. The topological polar surface area (TPSA) is 112 Å². The number of rotatable bonds is 8. The van der Waals surface area contributed by atoms with E-state index in [1.54, 1.807) is 13.0 Å². The van der Waals surface area contributed by atoms with Crippen molar-refractivity contribution in [2.45, 2.75) is 30.8 Å². The van der Waals surface area contributed by atoms with Gasteiger partial charge in [-0.2, -0.15) is 0 Å². The van der Waals surface area contributed by atoms with E-state index in [1.165, 1.54) is 37.1 Å². The second-order valence-corrected chi connectivity index (χ2v) is 6.63. The molecule has 1 aromatic heterocycles. The third-order valence-electron chi connectivity index (χ3n) is 3.52. The Hall–Kier alpha value is -2.88. The van der Waals surface area contributed by atoms with Crippen molar-refractivity contribution in [2.75, 3.05) is 12.4 Å². The summed E-state index contributed by atoms with van der Waals surface area (Å²) in [7, 11) is 1.43. The lowest BCUT2D eigenvalue weighted by Gasteiger charge is -2.14. The number of anilines is 1. The Balaban J connectivity index is 2.16. The number of ether oxygens (including phenoxy) is 1. The minimum atomic E-state index is -0.534. The maximum Gasteiger partial charge on any atom is 0.271 e. The van der Waals surface area contributed by atoms with E-state index in [0.717, 1.165) is 5.82 Å². The first-order valence-corrected chi connectivity index (χ1v) is 8.56. The maximum absolute atomic E-state index is 12.5. The normalized spacial score (nSPS) is 11.7. The number of benzene rings is 1. The Kier molecular flexibility index (Phi) is 6.34. The fraction of sp³-hybridized carbons (Fsp3) is 0.312. The van der Waals surface area contributed by atoms with Gasteiger partial charge in [-0.25, -0.2) is 0 Å². The first-order valence-electron chi connectivity index (χ1n) is 7.68. The fourth-order valence-corrected chi connectivity index (χ4v) is 3.05. The quantitative estimate of drug-likeness (QED) is 0.326. The van der Waals surface area contributed by atoms with Crippen LogP contribution in [0.4, 0.5) is 11.4 Å². The summed E-state index contributed by atoms with van der Waals surface area (Å²) in [6.45, 7) is 7.76. The zero-order valence-electron chi connectivity index (χ0n) is 14.6. The molecule has 9 nitrogen and oxygen atoms in total. The van der Waals surface area contributed by atoms with Crippen LogP contribution in [0.3, 0.4) is 0 Å². The summed E-state index contributed by atoms with van der Waals surface area (Å²) in [6.07, 6.45) is 1.72. The number of thioether (sulfide) groups is 1. The summed E-state index contributed by atoms with van der Waals surface area (Å²) in [5, 5.41) is 21.8. The van der Waals surface area contributed by atoms with Gasteiger partial charge in [-0.3, -0.25) is 14.9 Å². The number of allylic oxidation sites excluding steroid dienone is 1. The summed E-state index contributed by atoms with van der Waals surface area (Å²) in [5.41, 5.74) is 0.102. The molecule has 1 heterocycles. The summed E-state index contributed by atoms with van der Waals surface area (Å²) in [6, 6.07) is 4.02. The lowest BCUT2D eigenvalue weighted by molar-refractivity contribution is -0.384. The molecule has 10 heteroatoms. The van der Waals surface area contributed by atoms with E-state index < -0.39 is 10.2 Å². The molecule has 138 valence electrons. The van der Waals surface area contributed by atoms with Gasteiger partial charge in [0.05, 0.1) is 23.0 Å². The SMILES string of the molecule is C=CCn1c(C)nnc1SC(C)C(=O)Nc1cc([N+](=O)[O-])ccc1OC. The maximum atomic E-state index is 12.5. The molecule has 0 aliphatic carbocycles. The number of nitrogens with zero attached hydrogens (tertiary/aromatic N) is 4. The second kappa shape index (κ2) is 8.48. The van der Waals surface area contributed by atoms with Crippen LogP contribution in [-0.4, -0.2) is 38.0 Å². The van der Waals surface area contributed by atoms with Gasteiger partial charge in [0, 0.05) is 18.7 Å². The van der Waals surface area contributed by atoms with Crippen molar-refractivity contribution in [1.29, 1.82) is 0 Å². The summed E-state index contributed by atoms with van der Waals surface area (Å²) in [4.78, 5) is 22.9. The average molecular weight is 377 g/mol. The third kappa shape index (κ3) is 4.39. The molecule has 26 heavy (non-hydrogen) atoms. The smallest absolute Gasteiger partial charge is 0.271 e. The van der Waals surface area contributed by atoms with Crippen molar-refractivity contribution < 1.29 is 14.5 Å². The Morgan fingerprint density at radius 3 is 2.88 bits per heavy atom. The highest BCUT2D eigenvalue weighted by Gasteiger charge is 2.21. The molecule has 1 aromatic carbocycles. The van der Waals surface area contributed by atoms with Gasteiger partial charge in [-0.1, -0.05) is 17.8 Å². The molecule has 2 rings (SSSR count). The van der Waals surface area contributed by atoms with Crippen LogP contribution >= 0.6 is 11.8 Å². The minimum absolute atomic E-state index is 0.136. The van der Waals surface area contributed by atoms with Gasteiger partial charge >= 0.3 is 0 Å². The van der Waals surface area contributed by atoms with E-state index in [2.05, 4.69) is 22.1 Å². The lowest BCUT2D eigenvalue weighted by atomic mass is 10.2. The summed E-state index contributed by atoms with van der Waals surface area (Å²) >= 11 is 1.24. The van der Waals surface area contributed by atoms with Gasteiger partial charge in [0.25, 0.3) is 5.69 Å². The van der Waals surface area contributed by atoms with Crippen LogP contribution in [0.25, 0.3) is 0 Å². The first kappa shape index (κ1) is 19.4. The molecule has 1 atom stereocenters. The van der Waals surface area contributed by atoms with E-state index in [9.17, 15) is 14.9 Å². The number of carbonyl (C=O) groups is 1. The number of nitrogens with one attached hydrogen (secondary N) is 1. The minimum Gasteiger partial charge on any atom is -0.495 e. The summed E-state index contributed by atoms with van der Waals surface area (Å²) < 4.78 is 6.99. The number of carbonyl (C=O) groups excluding carboxylic acids is 1. The molecule has 0 radical (unpaired) electrons. The predicted octanol–water partition coefficient (Wildman–Crippen LogP) is 2.81. The molecule has 0 bridgehead atoms. The number of amides is 1. The van der Waals surface area contributed by atoms with Crippen molar-refractivity contribution in [1.82, 2.24) is 14.8 Å². The molecule has 0 saturated carbocycles. The third-order valence-corrected chi connectivity index (χ3v) is 4.60. The molecular formula is C16H19N5O4S. The molecule has 1 N–H and O–H groups in total. The van der Waals surface area contributed by atoms with Crippen LogP contribution in [0.5, 0.6) is 5.75 Å². The number of hydrogen-bond acceptors (Lipinski definition) is 7. The van der Waals surface area contributed by atoms with Gasteiger partial charge in [0.1, 0.15) is 11.6 Å². The Morgan fingerprint density at radius 2 is 2.27 bits per heavy atom. The van der Waals surface area contributed by atoms with E-state index in [0.29, 0.717) is 17.5 Å². The molecule has 1 unspecified atom stereocenters. The Bertz CT molecular complexity index is 836. The molecule has 0 aliphatic heterocycles. The standard InChI is InChI=1S/C16H19N5O4S/c1-5-8-20-11(3)18-19-16(20)26-10(2)15(22)17-13-9-12(21(23)24)6-7-14(13)25-4/h5-7,9-10H,1,8H2,2-4H3,(H,17,22). The van der Waals surface area contributed by atoms with Crippen LogP contribution < -0.4 is 10.1 Å². The monoisotopic (exact) mass is 377 g/mol. The average Bonchev–Trinajstić information content (AvgIpc) is 2.95. The Labute approximate surface area is 154 Å². The highest BCUT2D eigenvalue weighted by Crippen LogP contribution is 2.30. The van der Waals surface area contributed by atoms with E-state index >= 15 is 0 Å². The molecule has 2 aromatic rings. The van der Waals surface area contributed by atoms with Gasteiger partial charge < -0.3 is 14.6 Å². The van der Waals surface area contributed by atoms with Crippen LogP contribution in [-0.2, 0) is 11.3 Å². The second-order valence-electron chi connectivity index (χ2n) is 5.32. The Morgan fingerprint density at radius 1 is 1.54 bits per heavy atom. The van der Waals surface area contributed by atoms with Crippen LogP contribution in [0.15, 0.2) is 36.0 Å². The van der Waals surface area contributed by atoms with Gasteiger partial charge in [0.2, 0.25) is 5.91 Å². The van der Waals surface area contributed by atoms with Gasteiger partial charge in [-0.05, 0) is 19.9 Å². The number of methoxy groups -OCH3 is 1. The highest BCUT2D eigenvalue weighted by molar-refractivity contribution is 8.00. The zero-order valence-corrected chi connectivity index (χ0v) is 15.4. The molecule has 0 spiro atoms.